The Morgan fingerprint density at radius 3 is 1.57 bits per heavy atom. The fourth-order valence-electron chi connectivity index (χ4n) is 2.58. The molecule has 0 heterocycles. The molecule has 0 radical (unpaired) electrons. The van der Waals surface area contributed by atoms with Crippen molar-refractivity contribution in [3.8, 4) is 0 Å². The van der Waals surface area contributed by atoms with Crippen LogP contribution in [0.5, 0.6) is 0 Å². The molecule has 0 aliphatic rings. The molecule has 0 saturated carbocycles. The second-order valence-electron chi connectivity index (χ2n) is 6.65. The molecule has 7 heteroatoms. The Morgan fingerprint density at radius 1 is 0.667 bits per heavy atom. The van der Waals surface area contributed by atoms with Gasteiger partial charge < -0.3 is 15.5 Å². The monoisotopic (exact) mass is 401 g/mol. The van der Waals surface area contributed by atoms with Crippen LogP contribution in [0.1, 0.15) is 0 Å². The first-order valence-electron chi connectivity index (χ1n) is 9.37. The van der Waals surface area contributed by atoms with Crippen LogP contribution in [0.2, 0.25) is 0 Å². The van der Waals surface area contributed by atoms with E-state index in [4.69, 9.17) is 0 Å². The van der Waals surface area contributed by atoms with Crippen molar-refractivity contribution in [3.05, 3.63) is 84.9 Å². The fourth-order valence-corrected chi connectivity index (χ4v) is 2.58. The number of rotatable bonds is 7. The Labute approximate surface area is 175 Å². The average Bonchev–Trinajstić information content (AvgIpc) is 2.75. The molecule has 0 bridgehead atoms. The molecule has 3 N–H and O–H groups in total. The van der Waals surface area contributed by atoms with E-state index < -0.39 is 11.8 Å². The third-order valence-electron chi connectivity index (χ3n) is 4.17. The Morgan fingerprint density at radius 2 is 1.13 bits per heavy atom. The number of carbonyl (C=O) groups excluding carboxylic acids is 2. The first-order valence-corrected chi connectivity index (χ1v) is 9.37. The zero-order valence-electron chi connectivity index (χ0n) is 16.8. The summed E-state index contributed by atoms with van der Waals surface area (Å²) in [5, 5.41) is 9.47. The van der Waals surface area contributed by atoms with Crippen LogP contribution in [0, 0.1) is 0 Å². The molecule has 0 aliphatic heterocycles. The van der Waals surface area contributed by atoms with Gasteiger partial charge in [0.2, 0.25) is 5.71 Å². The van der Waals surface area contributed by atoms with Crippen LogP contribution in [-0.4, -0.2) is 31.6 Å². The van der Waals surface area contributed by atoms with Crippen molar-refractivity contribution in [1.29, 1.82) is 0 Å². The SMILES string of the molecule is CN(C)c1ccc(NN=C(C(=O)Nc2ccccc2)C(=O)Nc2ccccc2)cc1. The zero-order valence-corrected chi connectivity index (χ0v) is 16.8. The molecule has 152 valence electrons. The van der Waals surface area contributed by atoms with Gasteiger partial charge in [0.05, 0.1) is 5.69 Å². The molecule has 0 unspecified atom stereocenters. The van der Waals surface area contributed by atoms with E-state index in [0.717, 1.165) is 5.69 Å². The lowest BCUT2D eigenvalue weighted by Crippen LogP contribution is -2.35. The predicted molar refractivity (Wildman–Crippen MR) is 122 cm³/mol. The van der Waals surface area contributed by atoms with Crippen LogP contribution in [0.3, 0.4) is 0 Å². The van der Waals surface area contributed by atoms with Gasteiger partial charge in [-0.05, 0) is 48.5 Å². The molecular formula is C23H23N5O2. The van der Waals surface area contributed by atoms with Crippen molar-refractivity contribution in [2.45, 2.75) is 0 Å². The number of hydrogen-bond acceptors (Lipinski definition) is 5. The van der Waals surface area contributed by atoms with Crippen molar-refractivity contribution in [2.24, 2.45) is 5.10 Å². The van der Waals surface area contributed by atoms with E-state index in [2.05, 4.69) is 21.2 Å². The molecule has 30 heavy (non-hydrogen) atoms. The number of carbonyl (C=O) groups is 2. The van der Waals surface area contributed by atoms with Gasteiger partial charge in [0, 0.05) is 31.2 Å². The van der Waals surface area contributed by atoms with Crippen molar-refractivity contribution in [1.82, 2.24) is 0 Å². The van der Waals surface area contributed by atoms with Crippen molar-refractivity contribution >= 4 is 40.3 Å². The average molecular weight is 401 g/mol. The number of amides is 2. The lowest BCUT2D eigenvalue weighted by atomic mass is 10.2. The first kappa shape index (κ1) is 20.6. The smallest absolute Gasteiger partial charge is 0.281 e. The highest BCUT2D eigenvalue weighted by Crippen LogP contribution is 2.16. The van der Waals surface area contributed by atoms with E-state index in [9.17, 15) is 9.59 Å². The van der Waals surface area contributed by atoms with Crippen molar-refractivity contribution in [2.75, 3.05) is 35.1 Å². The first-order chi connectivity index (χ1) is 14.5. The number of nitrogens with zero attached hydrogens (tertiary/aromatic N) is 2. The van der Waals surface area contributed by atoms with Gasteiger partial charge in [-0.15, -0.1) is 0 Å². The van der Waals surface area contributed by atoms with Crippen LogP contribution >= 0.6 is 0 Å². The summed E-state index contributed by atoms with van der Waals surface area (Å²) in [7, 11) is 3.89. The quantitative estimate of drug-likeness (QED) is 0.319. The Balaban J connectivity index is 1.81. The molecule has 7 nitrogen and oxygen atoms in total. The molecule has 0 saturated heterocycles. The molecule has 0 aliphatic carbocycles. The number of hydrogen-bond donors (Lipinski definition) is 3. The third kappa shape index (κ3) is 5.68. The minimum atomic E-state index is -0.618. The van der Waals surface area contributed by atoms with Crippen LogP contribution in [0.15, 0.2) is 90.0 Å². The summed E-state index contributed by atoms with van der Waals surface area (Å²) in [5.74, 6) is -1.24. The van der Waals surface area contributed by atoms with Crippen LogP contribution < -0.4 is 21.0 Å². The highest BCUT2D eigenvalue weighted by atomic mass is 16.2. The molecule has 2 amide bonds. The van der Waals surface area contributed by atoms with E-state index in [-0.39, 0.29) is 5.71 Å². The predicted octanol–water partition coefficient (Wildman–Crippen LogP) is 3.80. The van der Waals surface area contributed by atoms with Crippen LogP contribution in [0.25, 0.3) is 0 Å². The maximum atomic E-state index is 12.8. The van der Waals surface area contributed by atoms with Gasteiger partial charge in [-0.25, -0.2) is 0 Å². The normalized spacial score (nSPS) is 9.93. The number of benzene rings is 3. The van der Waals surface area contributed by atoms with Gasteiger partial charge in [0.25, 0.3) is 11.8 Å². The van der Waals surface area contributed by atoms with Crippen molar-refractivity contribution in [3.63, 3.8) is 0 Å². The maximum absolute atomic E-state index is 12.8. The van der Waals surface area contributed by atoms with Crippen LogP contribution in [-0.2, 0) is 9.59 Å². The number of anilines is 4. The summed E-state index contributed by atoms with van der Waals surface area (Å²) in [6.45, 7) is 0. The fraction of sp³-hybridized carbons (Fsp3) is 0.0870. The van der Waals surface area contributed by atoms with Gasteiger partial charge in [-0.1, -0.05) is 36.4 Å². The maximum Gasteiger partial charge on any atom is 0.281 e. The lowest BCUT2D eigenvalue weighted by molar-refractivity contribution is -0.114. The molecule has 0 spiro atoms. The van der Waals surface area contributed by atoms with Crippen LogP contribution in [0.4, 0.5) is 22.7 Å². The van der Waals surface area contributed by atoms with E-state index >= 15 is 0 Å². The zero-order chi connectivity index (χ0) is 21.3. The highest BCUT2D eigenvalue weighted by molar-refractivity contribution is 6.69. The minimum absolute atomic E-state index is 0.292. The number of nitrogens with one attached hydrogen (secondary N) is 3. The molecule has 0 fully saturated rings. The second-order valence-corrected chi connectivity index (χ2v) is 6.65. The van der Waals surface area contributed by atoms with E-state index in [1.807, 2.05) is 55.4 Å². The third-order valence-corrected chi connectivity index (χ3v) is 4.17. The summed E-state index contributed by atoms with van der Waals surface area (Å²) in [6.07, 6.45) is 0. The van der Waals surface area contributed by atoms with Gasteiger partial charge in [0.1, 0.15) is 0 Å². The van der Waals surface area contributed by atoms with Gasteiger partial charge in [-0.3, -0.25) is 15.0 Å². The Kier molecular flexibility index (Phi) is 6.78. The minimum Gasteiger partial charge on any atom is -0.378 e. The Bertz CT molecular complexity index is 961. The summed E-state index contributed by atoms with van der Waals surface area (Å²) in [5.41, 5.74) is 5.31. The topological polar surface area (TPSA) is 85.8 Å². The largest absolute Gasteiger partial charge is 0.378 e. The lowest BCUT2D eigenvalue weighted by Gasteiger charge is -2.13. The van der Waals surface area contributed by atoms with E-state index in [0.29, 0.717) is 17.1 Å². The molecule has 3 aromatic carbocycles. The summed E-state index contributed by atoms with van der Waals surface area (Å²) in [6, 6.07) is 25.2. The Hall–Kier alpha value is -4.13. The van der Waals surface area contributed by atoms with Gasteiger partial charge >= 0.3 is 0 Å². The molecular weight excluding hydrogens is 378 g/mol. The molecule has 3 aromatic rings. The number of hydrazone groups is 1. The second kappa shape index (κ2) is 9.88. The van der Waals surface area contributed by atoms with Gasteiger partial charge in [0.15, 0.2) is 0 Å². The number of para-hydroxylation sites is 2. The summed E-state index contributed by atoms with van der Waals surface area (Å²) in [4.78, 5) is 27.5. The summed E-state index contributed by atoms with van der Waals surface area (Å²) >= 11 is 0. The molecule has 3 rings (SSSR count). The van der Waals surface area contributed by atoms with Gasteiger partial charge in [-0.2, -0.15) is 5.10 Å². The van der Waals surface area contributed by atoms with Crippen molar-refractivity contribution < 1.29 is 9.59 Å². The summed E-state index contributed by atoms with van der Waals surface area (Å²) < 4.78 is 0. The highest BCUT2D eigenvalue weighted by Gasteiger charge is 2.21. The molecule has 0 atom stereocenters. The standard InChI is InChI=1S/C23H23N5O2/c1-28(2)20-15-13-19(14-16-20)26-27-21(22(29)24-17-9-5-3-6-10-17)23(30)25-18-11-7-4-8-12-18/h3-16,26H,1-2H3,(H,24,29)(H,25,30). The molecule has 0 aromatic heterocycles. The van der Waals surface area contributed by atoms with E-state index in [1.54, 1.807) is 48.5 Å². The van der Waals surface area contributed by atoms with E-state index in [1.165, 1.54) is 0 Å².